The molecule has 0 fully saturated rings. The summed E-state index contributed by atoms with van der Waals surface area (Å²) in [5.74, 6) is 1.45. The number of hydrogen-bond donors (Lipinski definition) is 2. The van der Waals surface area contributed by atoms with Gasteiger partial charge < -0.3 is 20.3 Å². The number of halogens is 2. The number of nitrogens with one attached hydrogen (secondary N) is 2. The Bertz CT molecular complexity index is 1050. The van der Waals surface area contributed by atoms with Gasteiger partial charge in [0, 0.05) is 18.4 Å². The number of ether oxygens (including phenoxy) is 1. The minimum atomic E-state index is -0.317. The van der Waals surface area contributed by atoms with E-state index in [1.54, 1.807) is 6.07 Å². The van der Waals surface area contributed by atoms with Gasteiger partial charge in [-0.2, -0.15) is 0 Å². The molecule has 0 radical (unpaired) electrons. The largest absolute Gasteiger partial charge is 0.490 e. The Hall–Kier alpha value is -1.83. The molecule has 222 valence electrons. The molecule has 3 rings (SSSR count). The summed E-state index contributed by atoms with van der Waals surface area (Å²) in [7, 11) is 0. The van der Waals surface area contributed by atoms with E-state index in [0.29, 0.717) is 23.1 Å². The van der Waals surface area contributed by atoms with Crippen LogP contribution in [0.3, 0.4) is 0 Å². The fourth-order valence-electron chi connectivity index (χ4n) is 4.75. The van der Waals surface area contributed by atoms with E-state index in [0.717, 1.165) is 36.5 Å². The fourth-order valence-corrected chi connectivity index (χ4v) is 5.74. The third-order valence-corrected chi connectivity index (χ3v) is 8.24. The van der Waals surface area contributed by atoms with Crippen LogP contribution in [-0.4, -0.2) is 23.4 Å². The number of unbranched alkanes of at least 4 members (excludes halogenated alkanes) is 11. The molecule has 40 heavy (non-hydrogen) atoms. The van der Waals surface area contributed by atoms with Crippen molar-refractivity contribution in [1.82, 2.24) is 4.90 Å². The van der Waals surface area contributed by atoms with Crippen LogP contribution in [0.15, 0.2) is 53.6 Å². The number of thioether (sulfide) groups is 1. The third-order valence-electron chi connectivity index (χ3n) is 6.92. The lowest BCUT2D eigenvalue weighted by molar-refractivity contribution is 0.261. The quantitative estimate of drug-likeness (QED) is 0.157. The van der Waals surface area contributed by atoms with Crippen LogP contribution < -0.4 is 15.4 Å². The van der Waals surface area contributed by atoms with Gasteiger partial charge in [-0.1, -0.05) is 113 Å². The SMILES string of the molecule is Br.CCCCCCCCCCCCCCOc1c(Cl)cccc1NC(=O)Nc1ccccc1CN1C=C(C)SC1. The van der Waals surface area contributed by atoms with Gasteiger partial charge in [-0.15, -0.1) is 28.7 Å². The van der Waals surface area contributed by atoms with E-state index in [4.69, 9.17) is 16.3 Å². The smallest absolute Gasteiger partial charge is 0.323 e. The first kappa shape index (κ1) is 34.4. The highest BCUT2D eigenvalue weighted by atomic mass is 79.9. The molecule has 0 bridgehead atoms. The Morgan fingerprint density at radius 2 is 1.48 bits per heavy atom. The standard InChI is InChI=1S/C32H46ClN3O2S.BrH/c1-3-4-5-6-7-8-9-10-11-12-13-16-22-38-31-28(33)19-17-21-30(31)35-32(37)34-29-20-15-14-18-27(29)24-36-23-26(2)39-25-36;/h14-15,17-21,23H,3-13,16,22,24-25H2,1-2H3,(H2,34,35,37);1H. The van der Waals surface area contributed by atoms with Crippen molar-refractivity contribution in [3.05, 3.63) is 64.2 Å². The first-order chi connectivity index (χ1) is 19.1. The molecule has 2 aromatic carbocycles. The monoisotopic (exact) mass is 651 g/mol. The molecular weight excluding hydrogens is 606 g/mol. The summed E-state index contributed by atoms with van der Waals surface area (Å²) in [4.78, 5) is 16.5. The lowest BCUT2D eigenvalue weighted by Crippen LogP contribution is -2.22. The number of benzene rings is 2. The molecular formula is C32H47BrClN3O2S. The van der Waals surface area contributed by atoms with Crippen LogP contribution in [0.5, 0.6) is 5.75 Å². The Morgan fingerprint density at radius 3 is 2.12 bits per heavy atom. The molecule has 0 aliphatic carbocycles. The Morgan fingerprint density at radius 1 is 0.875 bits per heavy atom. The van der Waals surface area contributed by atoms with E-state index in [-0.39, 0.29) is 23.0 Å². The molecule has 1 aliphatic rings. The third kappa shape index (κ3) is 12.8. The summed E-state index contributed by atoms with van der Waals surface area (Å²) in [5.41, 5.74) is 2.43. The summed E-state index contributed by atoms with van der Waals surface area (Å²) in [5, 5.41) is 6.44. The van der Waals surface area contributed by atoms with Crippen molar-refractivity contribution >= 4 is 57.8 Å². The van der Waals surface area contributed by atoms with Crippen molar-refractivity contribution in [2.45, 2.75) is 97.4 Å². The van der Waals surface area contributed by atoms with E-state index >= 15 is 0 Å². The zero-order valence-corrected chi connectivity index (χ0v) is 27.5. The van der Waals surface area contributed by atoms with Crippen LogP contribution in [0, 0.1) is 0 Å². The molecule has 1 aliphatic heterocycles. The zero-order chi connectivity index (χ0) is 27.7. The van der Waals surface area contributed by atoms with Crippen molar-refractivity contribution in [2.24, 2.45) is 0 Å². The summed E-state index contributed by atoms with van der Waals surface area (Å²) < 4.78 is 6.04. The number of rotatable bonds is 18. The van der Waals surface area contributed by atoms with Crippen LogP contribution in [0.25, 0.3) is 0 Å². The van der Waals surface area contributed by atoms with E-state index in [9.17, 15) is 4.79 Å². The number of anilines is 2. The average Bonchev–Trinajstić information content (AvgIpc) is 3.33. The Labute approximate surface area is 261 Å². The molecule has 2 amide bonds. The van der Waals surface area contributed by atoms with Crippen molar-refractivity contribution in [2.75, 3.05) is 23.1 Å². The highest BCUT2D eigenvalue weighted by Gasteiger charge is 2.15. The first-order valence-corrected chi connectivity index (χ1v) is 16.1. The molecule has 1 heterocycles. The number of carbonyl (C=O) groups excluding carboxylic acids is 1. The molecule has 2 aromatic rings. The summed E-state index contributed by atoms with van der Waals surface area (Å²) in [6.45, 7) is 5.71. The van der Waals surface area contributed by atoms with Crippen LogP contribution in [0.2, 0.25) is 5.02 Å². The number of urea groups is 1. The highest BCUT2D eigenvalue weighted by Crippen LogP contribution is 2.33. The van der Waals surface area contributed by atoms with E-state index in [1.165, 1.54) is 69.1 Å². The second-order valence-electron chi connectivity index (χ2n) is 10.4. The second kappa shape index (κ2) is 20.1. The van der Waals surface area contributed by atoms with Crippen molar-refractivity contribution in [3.63, 3.8) is 0 Å². The first-order valence-electron chi connectivity index (χ1n) is 14.7. The van der Waals surface area contributed by atoms with Crippen molar-refractivity contribution < 1.29 is 9.53 Å². The van der Waals surface area contributed by atoms with Gasteiger partial charge >= 0.3 is 6.03 Å². The zero-order valence-electron chi connectivity index (χ0n) is 24.2. The predicted octanol–water partition coefficient (Wildman–Crippen LogP) is 11.0. The number of allylic oxidation sites excluding steroid dienone is 1. The second-order valence-corrected chi connectivity index (χ2v) is 11.9. The maximum atomic E-state index is 12.9. The predicted molar refractivity (Wildman–Crippen MR) is 179 cm³/mol. The molecule has 0 aromatic heterocycles. The van der Waals surface area contributed by atoms with Gasteiger partial charge in [-0.3, -0.25) is 0 Å². The molecule has 8 heteroatoms. The fraction of sp³-hybridized carbons (Fsp3) is 0.531. The van der Waals surface area contributed by atoms with E-state index < -0.39 is 0 Å². The minimum absolute atomic E-state index is 0. The number of nitrogens with zero attached hydrogens (tertiary/aromatic N) is 1. The molecule has 0 saturated carbocycles. The van der Waals surface area contributed by atoms with Gasteiger partial charge in [0.05, 0.1) is 23.2 Å². The number of amides is 2. The van der Waals surface area contributed by atoms with E-state index in [1.807, 2.05) is 48.2 Å². The summed E-state index contributed by atoms with van der Waals surface area (Å²) in [6.07, 6.45) is 17.8. The van der Waals surface area contributed by atoms with E-state index in [2.05, 4.69) is 35.6 Å². The van der Waals surface area contributed by atoms with Gasteiger partial charge in [-0.25, -0.2) is 4.79 Å². The normalized spacial score (nSPS) is 12.6. The molecule has 0 unspecified atom stereocenters. The maximum absolute atomic E-state index is 12.9. The number of hydrogen-bond acceptors (Lipinski definition) is 4. The Kier molecular flexibility index (Phi) is 17.3. The van der Waals surface area contributed by atoms with Gasteiger partial charge in [0.15, 0.2) is 5.75 Å². The molecule has 0 spiro atoms. The average molecular weight is 653 g/mol. The lowest BCUT2D eigenvalue weighted by atomic mass is 10.1. The molecule has 0 saturated heterocycles. The van der Waals surface area contributed by atoms with Gasteiger partial charge in [-0.05, 0) is 42.0 Å². The van der Waals surface area contributed by atoms with Crippen molar-refractivity contribution in [1.29, 1.82) is 0 Å². The van der Waals surface area contributed by atoms with Gasteiger partial charge in [0.1, 0.15) is 0 Å². The highest BCUT2D eigenvalue weighted by molar-refractivity contribution is 8.93. The van der Waals surface area contributed by atoms with Crippen LogP contribution in [0.1, 0.15) is 96.5 Å². The van der Waals surface area contributed by atoms with Crippen molar-refractivity contribution in [3.8, 4) is 5.75 Å². The lowest BCUT2D eigenvalue weighted by Gasteiger charge is -2.18. The molecule has 2 N–H and O–H groups in total. The minimum Gasteiger partial charge on any atom is -0.490 e. The topological polar surface area (TPSA) is 53.6 Å². The number of para-hydroxylation sites is 2. The summed E-state index contributed by atoms with van der Waals surface area (Å²) >= 11 is 8.27. The van der Waals surface area contributed by atoms with Crippen LogP contribution in [-0.2, 0) is 6.54 Å². The van der Waals surface area contributed by atoms with Gasteiger partial charge in [0.25, 0.3) is 0 Å². The molecule has 5 nitrogen and oxygen atoms in total. The summed E-state index contributed by atoms with van der Waals surface area (Å²) in [6, 6.07) is 13.0. The number of carbonyl (C=O) groups is 1. The maximum Gasteiger partial charge on any atom is 0.323 e. The van der Waals surface area contributed by atoms with Crippen LogP contribution in [0.4, 0.5) is 16.2 Å². The van der Waals surface area contributed by atoms with Crippen LogP contribution >= 0.6 is 40.3 Å². The molecule has 0 atom stereocenters. The Balaban J connectivity index is 0.00000560. The van der Waals surface area contributed by atoms with Gasteiger partial charge in [0.2, 0.25) is 0 Å².